The Bertz CT molecular complexity index is 2880. The predicted octanol–water partition coefficient (Wildman–Crippen LogP) is 13.9. The van der Waals surface area contributed by atoms with E-state index in [0.717, 1.165) is 16.9 Å². The second-order valence-electron chi connectivity index (χ2n) is 13.0. The number of benzene rings is 8. The predicted molar refractivity (Wildman–Crippen MR) is 220 cm³/mol. The molecule has 10 aromatic rings. The molecule has 0 saturated carbocycles. The second-order valence-corrected chi connectivity index (χ2v) is 14.1. The molecule has 0 aliphatic carbocycles. The summed E-state index contributed by atoms with van der Waals surface area (Å²) >= 11 is 1.87. The topological polar surface area (TPSA) is 17.0 Å². The molecule has 0 spiro atoms. The molecule has 0 aliphatic rings. The van der Waals surface area contributed by atoms with Crippen LogP contribution in [0.15, 0.2) is 188 Å². The zero-order chi connectivity index (χ0) is 33.7. The minimum absolute atomic E-state index is 1.06. The van der Waals surface area contributed by atoms with Gasteiger partial charge in [0, 0.05) is 53.6 Å². The number of hydrogen-bond acceptors (Lipinski definition) is 2. The summed E-state index contributed by atoms with van der Waals surface area (Å²) < 4.78 is 5.07. The van der Waals surface area contributed by atoms with Gasteiger partial charge in [-0.2, -0.15) is 0 Å². The molecule has 0 aliphatic heterocycles. The number of nitrogens with zero attached hydrogens (tertiary/aromatic N) is 1. The molecule has 8 aromatic carbocycles. The standard InChI is InChI=1S/C48H32N2S/c1-2-12-32(13-3-1)33-24-26-36(27-25-33)49-43-20-7-4-16-38(43)34-14-10-15-35(30-34)39-19-11-22-45-48(39)42-18-5-8-21-44(42)50(45)37-28-29-41-40-17-6-9-23-46(40)51-47(41)31-37/h1-31,49H. The summed E-state index contributed by atoms with van der Waals surface area (Å²) in [5, 5.41) is 8.87. The van der Waals surface area contributed by atoms with E-state index in [2.05, 4.69) is 198 Å². The molecule has 0 amide bonds. The number of aromatic nitrogens is 1. The largest absolute Gasteiger partial charge is 0.355 e. The molecule has 0 unspecified atom stereocenters. The maximum atomic E-state index is 3.70. The van der Waals surface area contributed by atoms with Crippen LogP contribution >= 0.6 is 11.3 Å². The fourth-order valence-electron chi connectivity index (χ4n) is 7.62. The zero-order valence-electron chi connectivity index (χ0n) is 27.8. The highest BCUT2D eigenvalue weighted by Crippen LogP contribution is 2.42. The van der Waals surface area contributed by atoms with Crippen LogP contribution in [-0.4, -0.2) is 4.57 Å². The quantitative estimate of drug-likeness (QED) is 0.187. The number of anilines is 2. The molecule has 0 fully saturated rings. The number of rotatable bonds is 6. The molecule has 1 N–H and O–H groups in total. The van der Waals surface area contributed by atoms with E-state index in [0.29, 0.717) is 0 Å². The Kier molecular flexibility index (Phi) is 7.04. The fourth-order valence-corrected chi connectivity index (χ4v) is 8.76. The lowest BCUT2D eigenvalue weighted by Gasteiger charge is -2.14. The first kappa shape index (κ1) is 29.5. The number of thiophene rings is 1. The van der Waals surface area contributed by atoms with Gasteiger partial charge in [-0.15, -0.1) is 11.3 Å². The lowest BCUT2D eigenvalue weighted by molar-refractivity contribution is 1.19. The number of nitrogens with one attached hydrogen (secondary N) is 1. The van der Waals surface area contributed by atoms with Gasteiger partial charge in [-0.05, 0) is 82.4 Å². The molecule has 0 saturated heterocycles. The van der Waals surface area contributed by atoms with E-state index in [-0.39, 0.29) is 0 Å². The Morgan fingerprint density at radius 3 is 1.90 bits per heavy atom. The Labute approximate surface area is 300 Å². The molecule has 240 valence electrons. The van der Waals surface area contributed by atoms with E-state index in [4.69, 9.17) is 0 Å². The number of fused-ring (bicyclic) bond motifs is 6. The van der Waals surface area contributed by atoms with Crippen molar-refractivity contribution in [3.8, 4) is 39.1 Å². The van der Waals surface area contributed by atoms with Crippen molar-refractivity contribution in [2.75, 3.05) is 5.32 Å². The van der Waals surface area contributed by atoms with Crippen LogP contribution in [0, 0.1) is 0 Å². The van der Waals surface area contributed by atoms with Crippen LogP contribution in [0.3, 0.4) is 0 Å². The fraction of sp³-hybridized carbons (Fsp3) is 0. The van der Waals surface area contributed by atoms with Gasteiger partial charge in [0.2, 0.25) is 0 Å². The summed E-state index contributed by atoms with van der Waals surface area (Å²) in [4.78, 5) is 0. The minimum Gasteiger partial charge on any atom is -0.355 e. The van der Waals surface area contributed by atoms with Crippen LogP contribution < -0.4 is 5.32 Å². The lowest BCUT2D eigenvalue weighted by Crippen LogP contribution is -1.94. The van der Waals surface area contributed by atoms with Gasteiger partial charge in [-0.25, -0.2) is 0 Å². The lowest BCUT2D eigenvalue weighted by atomic mass is 9.95. The van der Waals surface area contributed by atoms with Gasteiger partial charge in [0.15, 0.2) is 0 Å². The van der Waals surface area contributed by atoms with E-state index in [1.54, 1.807) is 0 Å². The summed E-state index contributed by atoms with van der Waals surface area (Å²) in [6.45, 7) is 0. The molecule has 51 heavy (non-hydrogen) atoms. The van der Waals surface area contributed by atoms with Gasteiger partial charge in [0.1, 0.15) is 0 Å². The SMILES string of the molecule is c1ccc(-c2ccc(Nc3ccccc3-c3cccc(-c4cccc5c4c4ccccc4n5-c4ccc5c(c4)sc4ccccc45)c3)cc2)cc1. The molecule has 0 atom stereocenters. The van der Waals surface area contributed by atoms with Crippen LogP contribution in [0.25, 0.3) is 81.0 Å². The molecule has 2 heterocycles. The first-order valence-corrected chi connectivity index (χ1v) is 18.2. The van der Waals surface area contributed by atoms with Crippen LogP contribution in [0.1, 0.15) is 0 Å². The van der Waals surface area contributed by atoms with E-state index >= 15 is 0 Å². The molecule has 3 heteroatoms. The second kappa shape index (κ2) is 12.2. The molecule has 0 radical (unpaired) electrons. The van der Waals surface area contributed by atoms with Crippen molar-refractivity contribution in [1.82, 2.24) is 4.57 Å². The summed E-state index contributed by atoms with van der Waals surface area (Å²) in [5.41, 5.74) is 12.9. The molecular weight excluding hydrogens is 637 g/mol. The van der Waals surface area contributed by atoms with E-state index < -0.39 is 0 Å². The van der Waals surface area contributed by atoms with Crippen molar-refractivity contribution in [2.45, 2.75) is 0 Å². The van der Waals surface area contributed by atoms with E-state index in [9.17, 15) is 0 Å². The monoisotopic (exact) mass is 668 g/mol. The van der Waals surface area contributed by atoms with Crippen molar-refractivity contribution < 1.29 is 0 Å². The van der Waals surface area contributed by atoms with E-state index in [1.807, 2.05) is 11.3 Å². The van der Waals surface area contributed by atoms with Crippen molar-refractivity contribution in [3.63, 3.8) is 0 Å². The van der Waals surface area contributed by atoms with Crippen molar-refractivity contribution in [2.24, 2.45) is 0 Å². The Hall–Kier alpha value is -6.42. The molecule has 2 aromatic heterocycles. The highest BCUT2D eigenvalue weighted by atomic mass is 32.1. The van der Waals surface area contributed by atoms with Crippen LogP contribution in [0.4, 0.5) is 11.4 Å². The minimum atomic E-state index is 1.06. The normalized spacial score (nSPS) is 11.5. The highest BCUT2D eigenvalue weighted by Gasteiger charge is 2.17. The van der Waals surface area contributed by atoms with Crippen LogP contribution in [-0.2, 0) is 0 Å². The average molecular weight is 669 g/mol. The van der Waals surface area contributed by atoms with Crippen LogP contribution in [0.5, 0.6) is 0 Å². The third-order valence-electron chi connectivity index (χ3n) is 10.0. The van der Waals surface area contributed by atoms with Gasteiger partial charge >= 0.3 is 0 Å². The first-order chi connectivity index (χ1) is 25.3. The average Bonchev–Trinajstić information content (AvgIpc) is 3.74. The summed E-state index contributed by atoms with van der Waals surface area (Å²) in [5.74, 6) is 0. The van der Waals surface area contributed by atoms with Gasteiger partial charge in [0.05, 0.1) is 11.0 Å². The highest BCUT2D eigenvalue weighted by molar-refractivity contribution is 7.25. The van der Waals surface area contributed by atoms with Crippen LogP contribution in [0.2, 0.25) is 0 Å². The molecular formula is C48H32N2S. The van der Waals surface area contributed by atoms with Gasteiger partial charge in [0.25, 0.3) is 0 Å². The van der Waals surface area contributed by atoms with Crippen molar-refractivity contribution >= 4 is 64.7 Å². The third kappa shape index (κ3) is 5.10. The number of para-hydroxylation sites is 2. The molecule has 2 nitrogen and oxygen atoms in total. The van der Waals surface area contributed by atoms with Crippen molar-refractivity contribution in [1.29, 1.82) is 0 Å². The zero-order valence-corrected chi connectivity index (χ0v) is 28.6. The van der Waals surface area contributed by atoms with E-state index in [1.165, 1.54) is 75.5 Å². The third-order valence-corrected chi connectivity index (χ3v) is 11.1. The molecule has 0 bridgehead atoms. The summed E-state index contributed by atoms with van der Waals surface area (Å²) in [6.07, 6.45) is 0. The van der Waals surface area contributed by atoms with Gasteiger partial charge < -0.3 is 9.88 Å². The Balaban J connectivity index is 1.06. The summed E-state index contributed by atoms with van der Waals surface area (Å²) in [6, 6.07) is 67.9. The van der Waals surface area contributed by atoms with Gasteiger partial charge in [-0.3, -0.25) is 0 Å². The number of hydrogen-bond donors (Lipinski definition) is 1. The Morgan fingerprint density at radius 2 is 1.02 bits per heavy atom. The maximum absolute atomic E-state index is 3.70. The first-order valence-electron chi connectivity index (χ1n) is 17.3. The summed E-state index contributed by atoms with van der Waals surface area (Å²) in [7, 11) is 0. The van der Waals surface area contributed by atoms with Crippen molar-refractivity contribution in [3.05, 3.63) is 188 Å². The maximum Gasteiger partial charge on any atom is 0.0547 e. The Morgan fingerprint density at radius 1 is 0.392 bits per heavy atom. The molecule has 10 rings (SSSR count). The smallest absolute Gasteiger partial charge is 0.0547 e. The van der Waals surface area contributed by atoms with Gasteiger partial charge in [-0.1, -0.05) is 133 Å².